The van der Waals surface area contributed by atoms with E-state index < -0.39 is 29.8 Å². The molecule has 160 valence electrons. The summed E-state index contributed by atoms with van der Waals surface area (Å²) in [5, 5.41) is 12.1. The largest absolute Gasteiger partial charge is 0.351 e. The predicted molar refractivity (Wildman–Crippen MR) is 102 cm³/mol. The highest BCUT2D eigenvalue weighted by atomic mass is 19.3. The third-order valence-electron chi connectivity index (χ3n) is 7.76. The number of amides is 3. The topological polar surface area (TPSA) is 99.2 Å². The van der Waals surface area contributed by atoms with E-state index in [4.69, 9.17) is 5.73 Å². The summed E-state index contributed by atoms with van der Waals surface area (Å²) >= 11 is 0. The quantitative estimate of drug-likeness (QED) is 0.677. The van der Waals surface area contributed by atoms with Crippen LogP contribution in [0.5, 0.6) is 0 Å². The summed E-state index contributed by atoms with van der Waals surface area (Å²) in [5.74, 6) is -4.09. The number of alkyl halides is 2. The molecule has 4 aliphatic rings. The molecule has 0 aromatic rings. The Labute approximate surface area is 170 Å². The Morgan fingerprint density at radius 2 is 1.83 bits per heavy atom. The lowest BCUT2D eigenvalue weighted by Gasteiger charge is -2.56. The minimum atomic E-state index is -2.86. The smallest absolute Gasteiger partial charge is 0.314 e. The van der Waals surface area contributed by atoms with Crippen LogP contribution in [-0.4, -0.2) is 41.4 Å². The molecule has 1 unspecified atom stereocenters. The first-order valence-corrected chi connectivity index (χ1v) is 10.8. The van der Waals surface area contributed by atoms with E-state index in [1.54, 1.807) is 4.90 Å². The maximum Gasteiger partial charge on any atom is 0.314 e. The molecule has 3 N–H and O–H groups in total. The zero-order valence-electron chi connectivity index (χ0n) is 16.8. The second-order valence-electron chi connectivity index (χ2n) is 9.83. The van der Waals surface area contributed by atoms with Crippen LogP contribution in [0.2, 0.25) is 0 Å². The van der Waals surface area contributed by atoms with Crippen molar-refractivity contribution in [2.75, 3.05) is 13.1 Å². The van der Waals surface area contributed by atoms with Gasteiger partial charge in [-0.2, -0.15) is 5.26 Å². The number of hydrogen-bond acceptors (Lipinski definition) is 3. The third kappa shape index (κ3) is 4.19. The van der Waals surface area contributed by atoms with Crippen molar-refractivity contribution in [2.45, 2.75) is 75.7 Å². The Morgan fingerprint density at radius 1 is 1.17 bits per heavy atom. The van der Waals surface area contributed by atoms with E-state index in [1.807, 2.05) is 0 Å². The molecular weight excluding hydrogens is 378 g/mol. The molecule has 0 radical (unpaired) electrons. The average Bonchev–Trinajstić information content (AvgIpc) is 3.58. The van der Waals surface area contributed by atoms with Gasteiger partial charge in [0, 0.05) is 31.8 Å². The van der Waals surface area contributed by atoms with Crippen LogP contribution in [-0.2, 0) is 4.79 Å². The highest BCUT2D eigenvalue weighted by molar-refractivity contribution is 5.81. The van der Waals surface area contributed by atoms with Gasteiger partial charge in [0.25, 0.3) is 0 Å². The lowest BCUT2D eigenvalue weighted by atomic mass is 9.51. The van der Waals surface area contributed by atoms with Gasteiger partial charge in [-0.3, -0.25) is 4.79 Å². The summed E-state index contributed by atoms with van der Waals surface area (Å²) in [6, 6.07) is 1.68. The first-order chi connectivity index (χ1) is 13.7. The second kappa shape index (κ2) is 7.10. The SMILES string of the molecule is N#CC1(NC(=O)[C@@H](CC(F)(F)CC2CC2)C2CCC23CCN(C(N)=O)CC3)CC1. The Bertz CT molecular complexity index is 719. The van der Waals surface area contributed by atoms with Crippen LogP contribution in [0.25, 0.3) is 0 Å². The molecule has 4 fully saturated rings. The number of nitrogens with two attached hydrogens (primary N) is 1. The monoisotopic (exact) mass is 408 g/mol. The summed E-state index contributed by atoms with van der Waals surface area (Å²) in [6.07, 6.45) is 5.32. The highest BCUT2D eigenvalue weighted by Crippen LogP contribution is 2.58. The number of carbonyl (C=O) groups excluding carboxylic acids is 2. The molecular formula is C21H30F2N4O2. The van der Waals surface area contributed by atoms with E-state index in [9.17, 15) is 23.6 Å². The molecule has 2 atom stereocenters. The summed E-state index contributed by atoms with van der Waals surface area (Å²) in [4.78, 5) is 26.1. The Kier molecular flexibility index (Phi) is 4.99. The van der Waals surface area contributed by atoms with E-state index >= 15 is 0 Å². The van der Waals surface area contributed by atoms with Gasteiger partial charge >= 0.3 is 6.03 Å². The molecule has 0 aromatic heterocycles. The first-order valence-electron chi connectivity index (χ1n) is 10.8. The molecule has 3 amide bonds. The lowest BCUT2D eigenvalue weighted by molar-refractivity contribution is -0.145. The molecule has 0 bridgehead atoms. The Morgan fingerprint density at radius 3 is 2.28 bits per heavy atom. The summed E-state index contributed by atoms with van der Waals surface area (Å²) < 4.78 is 29.6. The fourth-order valence-corrected chi connectivity index (χ4v) is 5.43. The van der Waals surface area contributed by atoms with Gasteiger partial charge in [0.2, 0.25) is 11.8 Å². The second-order valence-corrected chi connectivity index (χ2v) is 9.83. The normalized spacial score (nSPS) is 28.2. The van der Waals surface area contributed by atoms with Gasteiger partial charge in [0.05, 0.1) is 6.07 Å². The van der Waals surface area contributed by atoms with Gasteiger partial charge in [0.15, 0.2) is 0 Å². The lowest BCUT2D eigenvalue weighted by Crippen LogP contribution is -2.56. The number of carbonyl (C=O) groups is 2. The number of piperidine rings is 1. The highest BCUT2D eigenvalue weighted by Gasteiger charge is 2.56. The molecule has 3 saturated carbocycles. The van der Waals surface area contributed by atoms with Gasteiger partial charge in [0.1, 0.15) is 5.54 Å². The van der Waals surface area contributed by atoms with Crippen LogP contribution in [0.1, 0.15) is 64.2 Å². The molecule has 1 aliphatic heterocycles. The van der Waals surface area contributed by atoms with Crippen LogP contribution in [0.4, 0.5) is 13.6 Å². The Hall–Kier alpha value is -1.91. The van der Waals surface area contributed by atoms with Crippen molar-refractivity contribution in [3.63, 3.8) is 0 Å². The summed E-state index contributed by atoms with van der Waals surface area (Å²) in [6.45, 7) is 1.03. The van der Waals surface area contributed by atoms with Crippen molar-refractivity contribution in [3.05, 3.63) is 0 Å². The molecule has 8 heteroatoms. The number of primary amides is 1. The fraction of sp³-hybridized carbons (Fsp3) is 0.857. The zero-order valence-corrected chi connectivity index (χ0v) is 16.8. The van der Waals surface area contributed by atoms with E-state index in [1.165, 1.54) is 0 Å². The van der Waals surface area contributed by atoms with E-state index in [-0.39, 0.29) is 29.6 Å². The maximum absolute atomic E-state index is 14.8. The minimum absolute atomic E-state index is 0.0803. The molecule has 1 spiro atoms. The van der Waals surface area contributed by atoms with Crippen LogP contribution >= 0.6 is 0 Å². The number of nitrogens with one attached hydrogen (secondary N) is 1. The number of rotatable bonds is 7. The molecule has 0 aromatic carbocycles. The van der Waals surface area contributed by atoms with Crippen LogP contribution in [0.15, 0.2) is 0 Å². The minimum Gasteiger partial charge on any atom is -0.351 e. The van der Waals surface area contributed by atoms with Gasteiger partial charge in [-0.25, -0.2) is 13.6 Å². The van der Waals surface area contributed by atoms with Gasteiger partial charge in [-0.1, -0.05) is 0 Å². The van der Waals surface area contributed by atoms with E-state index in [0.717, 1.165) is 25.7 Å². The molecule has 4 rings (SSSR count). The third-order valence-corrected chi connectivity index (χ3v) is 7.76. The van der Waals surface area contributed by atoms with Gasteiger partial charge in [-0.15, -0.1) is 0 Å². The van der Waals surface area contributed by atoms with E-state index in [0.29, 0.717) is 38.8 Å². The number of nitrogens with zero attached hydrogens (tertiary/aromatic N) is 2. The van der Waals surface area contributed by atoms with Crippen molar-refractivity contribution in [1.29, 1.82) is 5.26 Å². The van der Waals surface area contributed by atoms with Crippen molar-refractivity contribution < 1.29 is 18.4 Å². The predicted octanol–water partition coefficient (Wildman–Crippen LogP) is 3.17. The van der Waals surface area contributed by atoms with Crippen molar-refractivity contribution in [2.24, 2.45) is 28.9 Å². The molecule has 6 nitrogen and oxygen atoms in total. The number of urea groups is 1. The van der Waals surface area contributed by atoms with Crippen molar-refractivity contribution in [3.8, 4) is 6.07 Å². The van der Waals surface area contributed by atoms with Crippen LogP contribution < -0.4 is 11.1 Å². The van der Waals surface area contributed by atoms with E-state index in [2.05, 4.69) is 11.4 Å². The maximum atomic E-state index is 14.8. The standard InChI is InChI=1S/C21H30F2N4O2/c22-21(23,11-14-1-2-14)12-15(17(28)26-20(13-24)5-6-20)16-3-4-19(16)7-9-27(10-8-19)18(25)29/h14-16H,1-12H2,(H2,25,29)(H,26,28)/t15-,16?/m0/s1. The molecule has 3 aliphatic carbocycles. The zero-order chi connectivity index (χ0) is 20.9. The molecule has 1 saturated heterocycles. The number of halogens is 2. The first kappa shape index (κ1) is 20.4. The number of likely N-dealkylation sites (tertiary alicyclic amines) is 1. The van der Waals surface area contributed by atoms with Crippen molar-refractivity contribution in [1.82, 2.24) is 10.2 Å². The molecule has 29 heavy (non-hydrogen) atoms. The number of nitriles is 1. The van der Waals surface area contributed by atoms with Crippen molar-refractivity contribution >= 4 is 11.9 Å². The molecule has 1 heterocycles. The van der Waals surface area contributed by atoms with Crippen LogP contribution in [0, 0.1) is 34.5 Å². The van der Waals surface area contributed by atoms with Gasteiger partial charge in [-0.05, 0) is 68.6 Å². The van der Waals surface area contributed by atoms with Gasteiger partial charge < -0.3 is 16.0 Å². The summed E-state index contributed by atoms with van der Waals surface area (Å²) in [5.41, 5.74) is 4.35. The Balaban J connectivity index is 1.49. The fourth-order valence-electron chi connectivity index (χ4n) is 5.43. The summed E-state index contributed by atoms with van der Waals surface area (Å²) in [7, 11) is 0. The number of hydrogen-bond donors (Lipinski definition) is 2. The average molecular weight is 408 g/mol. The van der Waals surface area contributed by atoms with Crippen LogP contribution in [0.3, 0.4) is 0 Å².